The van der Waals surface area contributed by atoms with Gasteiger partial charge in [0.2, 0.25) is 0 Å². The van der Waals surface area contributed by atoms with Crippen molar-refractivity contribution >= 4 is 17.5 Å². The number of amides is 1. The molecule has 1 atom stereocenters. The van der Waals surface area contributed by atoms with E-state index in [1.54, 1.807) is 35.5 Å². The van der Waals surface area contributed by atoms with Crippen LogP contribution in [0.15, 0.2) is 49.1 Å². The summed E-state index contributed by atoms with van der Waals surface area (Å²) in [5.41, 5.74) is 1.79. The molecule has 0 aliphatic carbocycles. The molecule has 21 heavy (non-hydrogen) atoms. The fourth-order valence-corrected chi connectivity index (χ4v) is 2.60. The molecule has 1 unspecified atom stereocenters. The maximum Gasteiger partial charge on any atom is 0.257 e. The Bertz CT molecular complexity index is 634. The number of rotatable bonds is 3. The number of H-pyrrole nitrogens is 1. The number of aromatic amines is 1. The van der Waals surface area contributed by atoms with E-state index in [0.717, 1.165) is 25.1 Å². The van der Waals surface area contributed by atoms with Gasteiger partial charge in [0.25, 0.3) is 5.91 Å². The standard InChI is InChI=1S/C16H16ClN3O/c17-14-3-1-13(2-4-14)16(21)20-7-5-12(6-8-20)9-15-10-18-11-19-15/h1-5,7,10-12H,6,8-9H2,(H,18,19). The van der Waals surface area contributed by atoms with Gasteiger partial charge in [-0.1, -0.05) is 17.7 Å². The molecule has 1 aliphatic rings. The van der Waals surface area contributed by atoms with Gasteiger partial charge in [0.05, 0.1) is 6.33 Å². The second-order valence-corrected chi connectivity index (χ2v) is 5.61. The van der Waals surface area contributed by atoms with Crippen LogP contribution in [-0.4, -0.2) is 27.3 Å². The Balaban J connectivity index is 1.63. The largest absolute Gasteiger partial charge is 0.348 e. The van der Waals surface area contributed by atoms with Crippen LogP contribution in [0.2, 0.25) is 5.02 Å². The summed E-state index contributed by atoms with van der Waals surface area (Å²) in [7, 11) is 0. The first-order valence-electron chi connectivity index (χ1n) is 6.94. The molecule has 0 spiro atoms. The number of halogens is 1. The third-order valence-corrected chi connectivity index (χ3v) is 3.92. The van der Waals surface area contributed by atoms with Crippen molar-refractivity contribution in [1.29, 1.82) is 0 Å². The van der Waals surface area contributed by atoms with Crippen molar-refractivity contribution in [3.05, 3.63) is 65.3 Å². The molecular weight excluding hydrogens is 286 g/mol. The van der Waals surface area contributed by atoms with Gasteiger partial charge >= 0.3 is 0 Å². The molecular formula is C16H16ClN3O. The summed E-state index contributed by atoms with van der Waals surface area (Å²) in [5.74, 6) is 0.461. The molecule has 3 rings (SSSR count). The SMILES string of the molecule is O=C(c1ccc(Cl)cc1)N1C=CC(Cc2cnc[nH]2)CC1. The summed E-state index contributed by atoms with van der Waals surface area (Å²) in [6, 6.07) is 7.00. The van der Waals surface area contributed by atoms with Gasteiger partial charge in [0.15, 0.2) is 0 Å². The number of hydrogen-bond donors (Lipinski definition) is 1. The Morgan fingerprint density at radius 2 is 2.19 bits per heavy atom. The van der Waals surface area contributed by atoms with Crippen LogP contribution in [0.3, 0.4) is 0 Å². The number of hydrogen-bond acceptors (Lipinski definition) is 2. The molecule has 0 fully saturated rings. The smallest absolute Gasteiger partial charge is 0.257 e. The van der Waals surface area contributed by atoms with E-state index in [1.807, 2.05) is 12.4 Å². The fourth-order valence-electron chi connectivity index (χ4n) is 2.48. The van der Waals surface area contributed by atoms with Crippen molar-refractivity contribution in [1.82, 2.24) is 14.9 Å². The number of nitrogens with zero attached hydrogens (tertiary/aromatic N) is 2. The van der Waals surface area contributed by atoms with Crippen molar-refractivity contribution in [2.45, 2.75) is 12.8 Å². The highest BCUT2D eigenvalue weighted by Crippen LogP contribution is 2.20. The predicted molar refractivity (Wildman–Crippen MR) is 82.0 cm³/mol. The quantitative estimate of drug-likeness (QED) is 0.946. The average Bonchev–Trinajstić information content (AvgIpc) is 3.01. The van der Waals surface area contributed by atoms with E-state index in [2.05, 4.69) is 16.0 Å². The van der Waals surface area contributed by atoms with Gasteiger partial charge in [-0.2, -0.15) is 0 Å². The number of imidazole rings is 1. The van der Waals surface area contributed by atoms with Crippen molar-refractivity contribution in [3.8, 4) is 0 Å². The minimum atomic E-state index is 0.0166. The summed E-state index contributed by atoms with van der Waals surface area (Å²) in [6.45, 7) is 0.733. The molecule has 0 saturated carbocycles. The third-order valence-electron chi connectivity index (χ3n) is 3.67. The molecule has 4 nitrogen and oxygen atoms in total. The van der Waals surface area contributed by atoms with Crippen LogP contribution in [0.25, 0.3) is 0 Å². The van der Waals surface area contributed by atoms with Gasteiger partial charge in [0.1, 0.15) is 0 Å². The van der Waals surface area contributed by atoms with Crippen LogP contribution in [0.5, 0.6) is 0 Å². The second kappa shape index (κ2) is 6.14. The number of aromatic nitrogens is 2. The van der Waals surface area contributed by atoms with Gasteiger partial charge in [0, 0.05) is 35.2 Å². The lowest BCUT2D eigenvalue weighted by Crippen LogP contribution is -2.31. The van der Waals surface area contributed by atoms with Crippen molar-refractivity contribution < 1.29 is 4.79 Å². The van der Waals surface area contributed by atoms with E-state index in [9.17, 15) is 4.79 Å². The molecule has 2 aromatic rings. The maximum atomic E-state index is 12.4. The highest BCUT2D eigenvalue weighted by Gasteiger charge is 2.19. The van der Waals surface area contributed by atoms with Crippen LogP contribution in [0.1, 0.15) is 22.5 Å². The summed E-state index contributed by atoms with van der Waals surface area (Å²) < 4.78 is 0. The highest BCUT2D eigenvalue weighted by molar-refractivity contribution is 6.30. The van der Waals surface area contributed by atoms with Crippen molar-refractivity contribution in [3.63, 3.8) is 0 Å². The first-order chi connectivity index (χ1) is 10.2. The Hall–Kier alpha value is -2.07. The van der Waals surface area contributed by atoms with Crippen LogP contribution in [0, 0.1) is 5.92 Å². The number of allylic oxidation sites excluding steroid dienone is 1. The van der Waals surface area contributed by atoms with Gasteiger partial charge in [-0.25, -0.2) is 4.98 Å². The monoisotopic (exact) mass is 301 g/mol. The summed E-state index contributed by atoms with van der Waals surface area (Å²) in [5, 5.41) is 0.639. The van der Waals surface area contributed by atoms with Crippen LogP contribution in [0.4, 0.5) is 0 Å². The molecule has 0 radical (unpaired) electrons. The molecule has 1 aliphatic heterocycles. The topological polar surface area (TPSA) is 49.0 Å². The highest BCUT2D eigenvalue weighted by atomic mass is 35.5. The molecule has 1 aromatic carbocycles. The molecule has 1 amide bonds. The number of benzene rings is 1. The fraction of sp³-hybridized carbons (Fsp3) is 0.250. The summed E-state index contributed by atoms with van der Waals surface area (Å²) in [4.78, 5) is 21.2. The Morgan fingerprint density at radius 3 is 2.81 bits per heavy atom. The molecule has 2 heterocycles. The number of nitrogens with one attached hydrogen (secondary N) is 1. The molecule has 1 aromatic heterocycles. The molecule has 0 bridgehead atoms. The summed E-state index contributed by atoms with van der Waals surface area (Å²) in [6.07, 6.45) is 9.41. The van der Waals surface area contributed by atoms with Gasteiger partial charge in [-0.15, -0.1) is 0 Å². The van der Waals surface area contributed by atoms with Crippen LogP contribution >= 0.6 is 11.6 Å². The maximum absolute atomic E-state index is 12.4. The van der Waals surface area contributed by atoms with E-state index >= 15 is 0 Å². The minimum Gasteiger partial charge on any atom is -0.348 e. The van der Waals surface area contributed by atoms with Crippen molar-refractivity contribution in [2.75, 3.05) is 6.54 Å². The lowest BCUT2D eigenvalue weighted by Gasteiger charge is -2.26. The van der Waals surface area contributed by atoms with E-state index in [1.165, 1.54) is 0 Å². The van der Waals surface area contributed by atoms with E-state index in [-0.39, 0.29) is 5.91 Å². The zero-order valence-corrected chi connectivity index (χ0v) is 12.3. The Kier molecular flexibility index (Phi) is 4.06. The molecule has 5 heteroatoms. The average molecular weight is 302 g/mol. The zero-order chi connectivity index (χ0) is 14.7. The van der Waals surface area contributed by atoms with E-state index < -0.39 is 0 Å². The third kappa shape index (κ3) is 3.34. The van der Waals surface area contributed by atoms with Crippen LogP contribution < -0.4 is 0 Å². The lowest BCUT2D eigenvalue weighted by atomic mass is 9.97. The Labute approximate surface area is 128 Å². The zero-order valence-electron chi connectivity index (χ0n) is 11.5. The Morgan fingerprint density at radius 1 is 1.38 bits per heavy atom. The lowest BCUT2D eigenvalue weighted by molar-refractivity contribution is 0.0808. The van der Waals surface area contributed by atoms with Crippen molar-refractivity contribution in [2.24, 2.45) is 5.92 Å². The first-order valence-corrected chi connectivity index (χ1v) is 7.32. The molecule has 1 N–H and O–H groups in total. The number of carbonyl (C=O) groups excluding carboxylic acids is 1. The summed E-state index contributed by atoms with van der Waals surface area (Å²) >= 11 is 5.84. The van der Waals surface area contributed by atoms with Gasteiger partial charge in [-0.3, -0.25) is 4.79 Å². The first kappa shape index (κ1) is 13.9. The van der Waals surface area contributed by atoms with Gasteiger partial charge < -0.3 is 9.88 Å². The molecule has 108 valence electrons. The predicted octanol–water partition coefficient (Wildman–Crippen LogP) is 3.28. The molecule has 0 saturated heterocycles. The van der Waals surface area contributed by atoms with E-state index in [4.69, 9.17) is 11.6 Å². The van der Waals surface area contributed by atoms with E-state index in [0.29, 0.717) is 16.5 Å². The minimum absolute atomic E-state index is 0.0166. The van der Waals surface area contributed by atoms with Crippen LogP contribution in [-0.2, 0) is 6.42 Å². The van der Waals surface area contributed by atoms with Gasteiger partial charge in [-0.05, 0) is 43.0 Å². The number of carbonyl (C=O) groups is 1. The second-order valence-electron chi connectivity index (χ2n) is 5.18. The normalized spacial score (nSPS) is 18.0.